The van der Waals surface area contributed by atoms with Gasteiger partial charge in [0.1, 0.15) is 0 Å². The van der Waals surface area contributed by atoms with Crippen LogP contribution in [0.15, 0.2) is 35.4 Å². The number of piperidine rings is 2. The van der Waals surface area contributed by atoms with Crippen LogP contribution >= 0.6 is 11.8 Å². The third kappa shape index (κ3) is 4.75. The molecule has 0 spiro atoms. The molecule has 172 valence electrons. The van der Waals surface area contributed by atoms with Crippen molar-refractivity contribution in [3.63, 3.8) is 0 Å². The SMILES string of the molecule is O=C(Cc1ccccn1)N1CCC(C2=CC(C(=O)N3CCCC4CCCCC43)CS2)CC1. The molecule has 2 saturated heterocycles. The molecule has 3 atom stereocenters. The second-order valence-electron chi connectivity index (χ2n) is 9.93. The van der Waals surface area contributed by atoms with Crippen LogP contribution in [0.5, 0.6) is 0 Å². The van der Waals surface area contributed by atoms with E-state index in [0.29, 0.717) is 24.3 Å². The van der Waals surface area contributed by atoms with Crippen LogP contribution < -0.4 is 0 Å². The maximum atomic E-state index is 13.4. The Kier molecular flexibility index (Phi) is 6.86. The van der Waals surface area contributed by atoms with Gasteiger partial charge >= 0.3 is 0 Å². The van der Waals surface area contributed by atoms with Gasteiger partial charge in [0.25, 0.3) is 0 Å². The summed E-state index contributed by atoms with van der Waals surface area (Å²) in [5.41, 5.74) is 0.841. The Labute approximate surface area is 196 Å². The predicted octanol–water partition coefficient (Wildman–Crippen LogP) is 4.29. The van der Waals surface area contributed by atoms with Crippen LogP contribution in [0.2, 0.25) is 0 Å². The lowest BCUT2D eigenvalue weighted by atomic mass is 9.78. The van der Waals surface area contributed by atoms with E-state index in [9.17, 15) is 9.59 Å². The normalized spacial score (nSPS) is 28.9. The number of nitrogens with zero attached hydrogens (tertiary/aromatic N) is 3. The van der Waals surface area contributed by atoms with Gasteiger partial charge in [-0.3, -0.25) is 14.6 Å². The highest BCUT2D eigenvalue weighted by molar-refractivity contribution is 8.03. The van der Waals surface area contributed by atoms with Gasteiger partial charge < -0.3 is 9.80 Å². The minimum Gasteiger partial charge on any atom is -0.342 e. The third-order valence-electron chi connectivity index (χ3n) is 7.95. The largest absolute Gasteiger partial charge is 0.342 e. The number of rotatable bonds is 4. The Hall–Kier alpha value is -1.82. The third-order valence-corrected chi connectivity index (χ3v) is 9.28. The fraction of sp³-hybridized carbons (Fsp3) is 0.654. The van der Waals surface area contributed by atoms with E-state index < -0.39 is 0 Å². The van der Waals surface area contributed by atoms with Crippen molar-refractivity contribution < 1.29 is 9.59 Å². The standard InChI is InChI=1S/C26H35N3O2S/c30-25(17-22-8-3-4-12-27-22)28-14-10-20(11-15-28)24-16-21(18-32-24)26(31)29-13-5-7-19-6-1-2-9-23(19)29/h3-4,8,12,16,19-21,23H,1-2,5-7,9-11,13-15,17-18H2. The molecule has 3 fully saturated rings. The van der Waals surface area contributed by atoms with Crippen molar-refractivity contribution in [2.45, 2.75) is 63.8 Å². The first-order valence-electron chi connectivity index (χ1n) is 12.5. The number of fused-ring (bicyclic) bond motifs is 1. The first kappa shape index (κ1) is 22.0. The monoisotopic (exact) mass is 453 g/mol. The van der Waals surface area contributed by atoms with Crippen LogP contribution in [0, 0.1) is 17.8 Å². The number of likely N-dealkylation sites (tertiary alicyclic amines) is 2. The first-order chi connectivity index (χ1) is 15.7. The van der Waals surface area contributed by atoms with E-state index in [2.05, 4.69) is 16.0 Å². The van der Waals surface area contributed by atoms with E-state index in [0.717, 1.165) is 49.8 Å². The van der Waals surface area contributed by atoms with E-state index in [1.807, 2.05) is 34.9 Å². The molecule has 3 unspecified atom stereocenters. The molecule has 6 heteroatoms. The second-order valence-corrected chi connectivity index (χ2v) is 11.0. The second kappa shape index (κ2) is 9.98. The van der Waals surface area contributed by atoms with Crippen molar-refractivity contribution in [3.8, 4) is 0 Å². The molecule has 2 amide bonds. The number of carbonyl (C=O) groups excluding carboxylic acids is 2. The van der Waals surface area contributed by atoms with Crippen molar-refractivity contribution in [2.75, 3.05) is 25.4 Å². The summed E-state index contributed by atoms with van der Waals surface area (Å²) < 4.78 is 0. The van der Waals surface area contributed by atoms with E-state index >= 15 is 0 Å². The lowest BCUT2D eigenvalue weighted by Gasteiger charge is -2.44. The number of aromatic nitrogens is 1. The van der Waals surface area contributed by atoms with Gasteiger partial charge in [-0.1, -0.05) is 25.0 Å². The highest BCUT2D eigenvalue weighted by atomic mass is 32.2. The van der Waals surface area contributed by atoms with Gasteiger partial charge in [0, 0.05) is 43.3 Å². The number of carbonyl (C=O) groups is 2. The maximum absolute atomic E-state index is 13.4. The van der Waals surface area contributed by atoms with Crippen LogP contribution in [0.4, 0.5) is 0 Å². The number of hydrogen-bond acceptors (Lipinski definition) is 4. The van der Waals surface area contributed by atoms with Crippen LogP contribution in [-0.2, 0) is 16.0 Å². The molecule has 0 radical (unpaired) electrons. The zero-order chi connectivity index (χ0) is 21.9. The molecular weight excluding hydrogens is 418 g/mol. The summed E-state index contributed by atoms with van der Waals surface area (Å²) >= 11 is 1.89. The molecule has 5 nitrogen and oxygen atoms in total. The minimum atomic E-state index is 0.0551. The first-order valence-corrected chi connectivity index (χ1v) is 13.5. The molecule has 1 aromatic heterocycles. The van der Waals surface area contributed by atoms with Gasteiger partial charge in [-0.25, -0.2) is 0 Å². The Bertz CT molecular complexity index is 848. The predicted molar refractivity (Wildman–Crippen MR) is 128 cm³/mol. The summed E-state index contributed by atoms with van der Waals surface area (Å²) in [6, 6.07) is 6.23. The summed E-state index contributed by atoms with van der Waals surface area (Å²) in [5, 5.41) is 0. The van der Waals surface area contributed by atoms with Crippen molar-refractivity contribution in [3.05, 3.63) is 41.1 Å². The zero-order valence-corrected chi connectivity index (χ0v) is 19.8. The van der Waals surface area contributed by atoms with E-state index in [4.69, 9.17) is 0 Å². The number of thioether (sulfide) groups is 1. The molecule has 32 heavy (non-hydrogen) atoms. The van der Waals surface area contributed by atoms with Gasteiger partial charge in [0.15, 0.2) is 0 Å². The summed E-state index contributed by atoms with van der Waals surface area (Å²) in [7, 11) is 0. The maximum Gasteiger partial charge on any atom is 0.230 e. The molecule has 0 N–H and O–H groups in total. The quantitative estimate of drug-likeness (QED) is 0.682. The van der Waals surface area contributed by atoms with Crippen LogP contribution in [0.25, 0.3) is 0 Å². The van der Waals surface area contributed by atoms with Crippen molar-refractivity contribution in [1.29, 1.82) is 0 Å². The molecule has 4 heterocycles. The number of allylic oxidation sites excluding steroid dienone is 1. The van der Waals surface area contributed by atoms with Crippen LogP contribution in [0.1, 0.15) is 57.1 Å². The van der Waals surface area contributed by atoms with Gasteiger partial charge in [-0.15, -0.1) is 11.8 Å². The topological polar surface area (TPSA) is 53.5 Å². The Balaban J connectivity index is 1.15. The molecule has 1 saturated carbocycles. The van der Waals surface area contributed by atoms with Crippen LogP contribution in [-0.4, -0.2) is 58.0 Å². The van der Waals surface area contributed by atoms with E-state index in [1.54, 1.807) is 6.20 Å². The van der Waals surface area contributed by atoms with Gasteiger partial charge in [-0.2, -0.15) is 0 Å². The average Bonchev–Trinajstić information content (AvgIpc) is 3.34. The number of pyridine rings is 1. The van der Waals surface area contributed by atoms with Gasteiger partial charge in [-0.05, 0) is 67.4 Å². The lowest BCUT2D eigenvalue weighted by molar-refractivity contribution is -0.139. The molecule has 3 aliphatic heterocycles. The molecule has 5 rings (SSSR count). The Morgan fingerprint density at radius 1 is 1.00 bits per heavy atom. The fourth-order valence-electron chi connectivity index (χ4n) is 6.17. The van der Waals surface area contributed by atoms with E-state index in [1.165, 1.54) is 43.4 Å². The summed E-state index contributed by atoms with van der Waals surface area (Å²) in [5.74, 6) is 2.76. The Morgan fingerprint density at radius 2 is 1.81 bits per heavy atom. The van der Waals surface area contributed by atoms with Gasteiger partial charge in [0.2, 0.25) is 11.8 Å². The lowest BCUT2D eigenvalue weighted by Crippen LogP contribution is -2.51. The molecule has 0 bridgehead atoms. The highest BCUT2D eigenvalue weighted by Crippen LogP contribution is 2.41. The van der Waals surface area contributed by atoms with Crippen molar-refractivity contribution >= 4 is 23.6 Å². The minimum absolute atomic E-state index is 0.0551. The molecule has 1 aromatic rings. The summed E-state index contributed by atoms with van der Waals surface area (Å²) in [4.78, 5) is 36.0. The molecule has 4 aliphatic rings. The Morgan fingerprint density at radius 3 is 2.62 bits per heavy atom. The van der Waals surface area contributed by atoms with Crippen molar-refractivity contribution in [1.82, 2.24) is 14.8 Å². The summed E-state index contributed by atoms with van der Waals surface area (Å²) in [6.45, 7) is 2.58. The fourth-order valence-corrected chi connectivity index (χ4v) is 7.51. The smallest absolute Gasteiger partial charge is 0.230 e. The van der Waals surface area contributed by atoms with Gasteiger partial charge in [0.05, 0.1) is 12.3 Å². The average molecular weight is 454 g/mol. The molecule has 1 aliphatic carbocycles. The number of amides is 2. The summed E-state index contributed by atoms with van der Waals surface area (Å²) in [6.07, 6.45) is 14.1. The van der Waals surface area contributed by atoms with Crippen LogP contribution in [0.3, 0.4) is 0 Å². The van der Waals surface area contributed by atoms with E-state index in [-0.39, 0.29) is 11.8 Å². The number of hydrogen-bond donors (Lipinski definition) is 0. The highest BCUT2D eigenvalue weighted by Gasteiger charge is 2.39. The molecular formula is C26H35N3O2S. The van der Waals surface area contributed by atoms with Crippen molar-refractivity contribution in [2.24, 2.45) is 17.8 Å². The zero-order valence-electron chi connectivity index (χ0n) is 19.0. The molecule has 0 aromatic carbocycles.